The Kier molecular flexibility index (Phi) is 3.05. The van der Waals surface area contributed by atoms with E-state index in [0.29, 0.717) is 5.82 Å². The van der Waals surface area contributed by atoms with Crippen molar-refractivity contribution < 1.29 is 0 Å². The van der Waals surface area contributed by atoms with E-state index in [1.54, 1.807) is 0 Å². The second-order valence-electron chi connectivity index (χ2n) is 4.49. The number of fused-ring (bicyclic) bond motifs is 1. The molecule has 0 spiro atoms. The molecule has 0 saturated heterocycles. The molecular formula is C15H13N5. The Morgan fingerprint density at radius 3 is 2.80 bits per heavy atom. The van der Waals surface area contributed by atoms with E-state index >= 15 is 0 Å². The fraction of sp³-hybridized carbons (Fsp3) is 0.133. The third-order valence-corrected chi connectivity index (χ3v) is 3.19. The van der Waals surface area contributed by atoms with Gasteiger partial charge in [-0.15, -0.1) is 10.2 Å². The first-order valence-electron chi connectivity index (χ1n) is 6.28. The van der Waals surface area contributed by atoms with Crippen LogP contribution in [0.15, 0.2) is 42.6 Å². The lowest BCUT2D eigenvalue weighted by Crippen LogP contribution is -2.01. The van der Waals surface area contributed by atoms with E-state index < -0.39 is 0 Å². The van der Waals surface area contributed by atoms with Gasteiger partial charge in [0.25, 0.3) is 0 Å². The molecule has 2 heterocycles. The summed E-state index contributed by atoms with van der Waals surface area (Å²) in [6.07, 6.45) is 2.05. The molecule has 5 nitrogen and oxygen atoms in total. The number of aryl methyl sites for hydroxylation is 1. The summed E-state index contributed by atoms with van der Waals surface area (Å²) >= 11 is 0. The number of hydrogen-bond donors (Lipinski definition) is 1. The Hall–Kier alpha value is -2.87. The lowest BCUT2D eigenvalue weighted by molar-refractivity contribution is 0.966. The highest BCUT2D eigenvalue weighted by atomic mass is 15.2. The van der Waals surface area contributed by atoms with Gasteiger partial charge >= 0.3 is 0 Å². The molecular weight excluding hydrogens is 250 g/mol. The van der Waals surface area contributed by atoms with Gasteiger partial charge in [0.2, 0.25) is 0 Å². The van der Waals surface area contributed by atoms with Gasteiger partial charge in [0, 0.05) is 29.7 Å². The maximum absolute atomic E-state index is 8.52. The van der Waals surface area contributed by atoms with Gasteiger partial charge in [-0.05, 0) is 18.2 Å². The molecule has 1 N–H and O–H groups in total. The molecule has 0 aliphatic heterocycles. The van der Waals surface area contributed by atoms with Gasteiger partial charge in [-0.2, -0.15) is 5.26 Å². The van der Waals surface area contributed by atoms with Crippen molar-refractivity contribution in [2.24, 2.45) is 7.05 Å². The third kappa shape index (κ3) is 2.08. The standard InChI is InChI=1S/C15H13N5/c1-20-10-12(11-4-2-3-5-14(11)20)13-6-7-15(19-18-13)17-9-8-16/h2-7,10H,9H2,1H3,(H,17,19). The van der Waals surface area contributed by atoms with Crippen LogP contribution in [0, 0.1) is 11.3 Å². The Morgan fingerprint density at radius 2 is 2.05 bits per heavy atom. The molecule has 0 fully saturated rings. The Morgan fingerprint density at radius 1 is 1.20 bits per heavy atom. The van der Waals surface area contributed by atoms with Crippen molar-refractivity contribution in [2.45, 2.75) is 0 Å². The smallest absolute Gasteiger partial charge is 0.149 e. The number of benzene rings is 1. The molecule has 20 heavy (non-hydrogen) atoms. The molecule has 0 atom stereocenters. The number of para-hydroxylation sites is 1. The van der Waals surface area contributed by atoms with Crippen molar-refractivity contribution in [3.05, 3.63) is 42.6 Å². The van der Waals surface area contributed by atoms with Crippen LogP contribution in [0.4, 0.5) is 5.82 Å². The molecule has 0 aliphatic carbocycles. The Balaban J connectivity index is 2.01. The Labute approximate surface area is 116 Å². The van der Waals surface area contributed by atoms with Gasteiger partial charge in [-0.3, -0.25) is 0 Å². The molecule has 2 aromatic heterocycles. The fourth-order valence-electron chi connectivity index (χ4n) is 2.25. The highest BCUT2D eigenvalue weighted by molar-refractivity contribution is 5.95. The molecule has 0 unspecified atom stereocenters. The van der Waals surface area contributed by atoms with Gasteiger partial charge in [-0.1, -0.05) is 18.2 Å². The van der Waals surface area contributed by atoms with Crippen LogP contribution in [-0.4, -0.2) is 21.3 Å². The second kappa shape index (κ2) is 5.02. The zero-order chi connectivity index (χ0) is 13.9. The number of aromatic nitrogens is 3. The van der Waals surface area contributed by atoms with E-state index in [2.05, 4.69) is 38.4 Å². The van der Waals surface area contributed by atoms with Gasteiger partial charge in [-0.25, -0.2) is 0 Å². The van der Waals surface area contributed by atoms with Gasteiger partial charge < -0.3 is 9.88 Å². The minimum atomic E-state index is 0.224. The maximum atomic E-state index is 8.52. The van der Waals surface area contributed by atoms with Crippen molar-refractivity contribution in [3.8, 4) is 17.3 Å². The van der Waals surface area contributed by atoms with E-state index in [1.165, 1.54) is 0 Å². The lowest BCUT2D eigenvalue weighted by Gasteiger charge is -2.01. The van der Waals surface area contributed by atoms with Crippen LogP contribution in [-0.2, 0) is 7.05 Å². The monoisotopic (exact) mass is 263 g/mol. The zero-order valence-corrected chi connectivity index (χ0v) is 11.0. The lowest BCUT2D eigenvalue weighted by atomic mass is 10.1. The van der Waals surface area contributed by atoms with Crippen LogP contribution in [0.3, 0.4) is 0 Å². The fourth-order valence-corrected chi connectivity index (χ4v) is 2.25. The predicted molar refractivity (Wildman–Crippen MR) is 78.0 cm³/mol. The van der Waals surface area contributed by atoms with E-state index in [9.17, 15) is 0 Å². The molecule has 3 aromatic rings. The number of hydrogen-bond acceptors (Lipinski definition) is 4. The van der Waals surface area contributed by atoms with Gasteiger partial charge in [0.05, 0.1) is 11.8 Å². The number of nitrogens with zero attached hydrogens (tertiary/aromatic N) is 4. The summed E-state index contributed by atoms with van der Waals surface area (Å²) in [6, 6.07) is 13.9. The summed E-state index contributed by atoms with van der Waals surface area (Å²) in [5.41, 5.74) is 3.04. The number of nitriles is 1. The first-order valence-corrected chi connectivity index (χ1v) is 6.28. The molecule has 1 aromatic carbocycles. The average Bonchev–Trinajstić information content (AvgIpc) is 2.83. The summed E-state index contributed by atoms with van der Waals surface area (Å²) < 4.78 is 2.08. The second-order valence-corrected chi connectivity index (χ2v) is 4.49. The summed E-state index contributed by atoms with van der Waals surface area (Å²) in [6.45, 7) is 0.224. The SMILES string of the molecule is Cn1cc(-c2ccc(NCC#N)nn2)c2ccccc21. The normalized spacial score (nSPS) is 10.4. The number of rotatable bonds is 3. The summed E-state index contributed by atoms with van der Waals surface area (Å²) in [5.74, 6) is 0.607. The molecule has 98 valence electrons. The van der Waals surface area contributed by atoms with Crippen molar-refractivity contribution in [2.75, 3.05) is 11.9 Å². The Bertz CT molecular complexity index is 780. The topological polar surface area (TPSA) is 66.5 Å². The number of nitrogens with one attached hydrogen (secondary N) is 1. The third-order valence-electron chi connectivity index (χ3n) is 3.19. The zero-order valence-electron chi connectivity index (χ0n) is 11.0. The minimum absolute atomic E-state index is 0.224. The van der Waals surface area contributed by atoms with Crippen molar-refractivity contribution in [3.63, 3.8) is 0 Å². The van der Waals surface area contributed by atoms with Crippen molar-refractivity contribution in [1.82, 2.24) is 14.8 Å². The predicted octanol–water partition coefficient (Wildman–Crippen LogP) is 2.57. The highest BCUT2D eigenvalue weighted by Gasteiger charge is 2.09. The molecule has 0 bridgehead atoms. The van der Waals surface area contributed by atoms with Crippen LogP contribution in [0.25, 0.3) is 22.2 Å². The molecule has 0 amide bonds. The van der Waals surface area contributed by atoms with E-state index in [4.69, 9.17) is 5.26 Å². The van der Waals surface area contributed by atoms with E-state index in [1.807, 2.05) is 37.4 Å². The van der Waals surface area contributed by atoms with E-state index in [-0.39, 0.29) is 6.54 Å². The maximum Gasteiger partial charge on any atom is 0.149 e. The average molecular weight is 263 g/mol. The number of anilines is 1. The van der Waals surface area contributed by atoms with Crippen molar-refractivity contribution >= 4 is 16.7 Å². The molecule has 0 radical (unpaired) electrons. The van der Waals surface area contributed by atoms with Crippen LogP contribution >= 0.6 is 0 Å². The van der Waals surface area contributed by atoms with Crippen LogP contribution < -0.4 is 5.32 Å². The highest BCUT2D eigenvalue weighted by Crippen LogP contribution is 2.28. The largest absolute Gasteiger partial charge is 0.356 e. The molecule has 5 heteroatoms. The van der Waals surface area contributed by atoms with Gasteiger partial charge in [0.15, 0.2) is 0 Å². The summed E-state index contributed by atoms with van der Waals surface area (Å²) in [5, 5.41) is 20.9. The van der Waals surface area contributed by atoms with Gasteiger partial charge in [0.1, 0.15) is 12.4 Å². The molecule has 0 aliphatic rings. The quantitative estimate of drug-likeness (QED) is 0.737. The first-order chi connectivity index (χ1) is 9.79. The van der Waals surface area contributed by atoms with Crippen LogP contribution in [0.5, 0.6) is 0 Å². The summed E-state index contributed by atoms with van der Waals surface area (Å²) in [4.78, 5) is 0. The first kappa shape index (κ1) is 12.2. The molecule has 0 saturated carbocycles. The van der Waals surface area contributed by atoms with E-state index in [0.717, 1.165) is 22.2 Å². The van der Waals surface area contributed by atoms with Crippen LogP contribution in [0.1, 0.15) is 0 Å². The summed E-state index contributed by atoms with van der Waals surface area (Å²) in [7, 11) is 2.02. The molecule has 3 rings (SSSR count). The van der Waals surface area contributed by atoms with Crippen molar-refractivity contribution in [1.29, 1.82) is 5.26 Å². The van der Waals surface area contributed by atoms with Crippen LogP contribution in [0.2, 0.25) is 0 Å². The minimum Gasteiger partial charge on any atom is -0.356 e.